The Kier molecular flexibility index (Phi) is 4.06. The van der Waals surface area contributed by atoms with Crippen molar-refractivity contribution in [3.63, 3.8) is 0 Å². The molecule has 5 nitrogen and oxygen atoms in total. The van der Waals surface area contributed by atoms with Crippen molar-refractivity contribution in [1.82, 2.24) is 10.9 Å². The second kappa shape index (κ2) is 5.56. The summed E-state index contributed by atoms with van der Waals surface area (Å²) in [6, 6.07) is 4.88. The highest BCUT2D eigenvalue weighted by Crippen LogP contribution is 2.21. The molecule has 0 bridgehead atoms. The van der Waals surface area contributed by atoms with Gasteiger partial charge in [0.2, 0.25) is 0 Å². The van der Waals surface area contributed by atoms with E-state index in [1.165, 1.54) is 0 Å². The molecule has 0 radical (unpaired) electrons. The van der Waals surface area contributed by atoms with Gasteiger partial charge in [0.15, 0.2) is 0 Å². The van der Waals surface area contributed by atoms with Crippen LogP contribution in [0.25, 0.3) is 0 Å². The van der Waals surface area contributed by atoms with E-state index in [2.05, 4.69) is 10.9 Å². The Morgan fingerprint density at radius 1 is 1.56 bits per heavy atom. The lowest BCUT2D eigenvalue weighted by Gasteiger charge is -2.12. The zero-order chi connectivity index (χ0) is 13.1. The van der Waals surface area contributed by atoms with Crippen LogP contribution in [0.3, 0.4) is 0 Å². The highest BCUT2D eigenvalue weighted by Gasteiger charge is 2.29. The van der Waals surface area contributed by atoms with Crippen LogP contribution in [0.2, 0.25) is 5.02 Å². The molecule has 1 saturated heterocycles. The second-order valence-electron chi connectivity index (χ2n) is 4.33. The molecular formula is C12H15ClN2O3. The van der Waals surface area contributed by atoms with Crippen LogP contribution in [0.1, 0.15) is 12.0 Å². The Hall–Kier alpha value is -1.30. The van der Waals surface area contributed by atoms with Crippen LogP contribution in [0.4, 0.5) is 0 Å². The van der Waals surface area contributed by atoms with Gasteiger partial charge in [0, 0.05) is 5.02 Å². The van der Waals surface area contributed by atoms with Crippen LogP contribution in [0.15, 0.2) is 18.2 Å². The summed E-state index contributed by atoms with van der Waals surface area (Å²) in [6.45, 7) is 2.32. The molecule has 98 valence electrons. The third-order valence-corrected chi connectivity index (χ3v) is 3.28. The third kappa shape index (κ3) is 3.13. The van der Waals surface area contributed by atoms with Crippen molar-refractivity contribution in [3.05, 3.63) is 28.8 Å². The Balaban J connectivity index is 1.85. The summed E-state index contributed by atoms with van der Waals surface area (Å²) in [5.41, 5.74) is 6.57. The maximum atomic E-state index is 10.7. The number of hydrogen-bond donors (Lipinski definition) is 3. The van der Waals surface area contributed by atoms with Gasteiger partial charge < -0.3 is 9.84 Å². The maximum absolute atomic E-state index is 10.7. The number of benzene rings is 1. The smallest absolute Gasteiger partial charge is 0.322 e. The number of aliphatic carboxylic acids is 1. The first-order valence-corrected chi connectivity index (χ1v) is 6.07. The fourth-order valence-electron chi connectivity index (χ4n) is 1.80. The molecule has 1 heterocycles. The first-order chi connectivity index (χ1) is 8.56. The summed E-state index contributed by atoms with van der Waals surface area (Å²) in [6.07, 6.45) is 0.502. The van der Waals surface area contributed by atoms with E-state index in [9.17, 15) is 4.79 Å². The molecule has 0 spiro atoms. The summed E-state index contributed by atoms with van der Waals surface area (Å²) < 4.78 is 5.60. The minimum atomic E-state index is -0.854. The first-order valence-electron chi connectivity index (χ1n) is 5.69. The van der Waals surface area contributed by atoms with E-state index in [0.29, 0.717) is 18.1 Å². The number of hydrazine groups is 1. The van der Waals surface area contributed by atoms with E-state index in [0.717, 1.165) is 11.3 Å². The van der Waals surface area contributed by atoms with Crippen LogP contribution >= 0.6 is 11.6 Å². The Bertz CT molecular complexity index is 453. The van der Waals surface area contributed by atoms with Crippen molar-refractivity contribution in [1.29, 1.82) is 0 Å². The van der Waals surface area contributed by atoms with Gasteiger partial charge in [-0.15, -0.1) is 0 Å². The van der Waals surface area contributed by atoms with Gasteiger partial charge in [-0.2, -0.15) is 0 Å². The minimum absolute atomic E-state index is 0.0120. The molecule has 0 aromatic heterocycles. The topological polar surface area (TPSA) is 70.6 Å². The monoisotopic (exact) mass is 270 g/mol. The lowest BCUT2D eigenvalue weighted by atomic mass is 10.1. The molecule has 0 saturated carbocycles. The molecule has 2 unspecified atom stereocenters. The van der Waals surface area contributed by atoms with Gasteiger partial charge in [-0.05, 0) is 37.1 Å². The highest BCUT2D eigenvalue weighted by atomic mass is 35.5. The number of nitrogens with one attached hydrogen (secondary N) is 2. The SMILES string of the molecule is Cc1cc(OCC2CC(C(=O)O)NN2)ccc1Cl. The van der Waals surface area contributed by atoms with E-state index in [-0.39, 0.29) is 6.04 Å². The Morgan fingerprint density at radius 3 is 2.94 bits per heavy atom. The molecule has 6 heteroatoms. The van der Waals surface area contributed by atoms with Crippen molar-refractivity contribution in [2.75, 3.05) is 6.61 Å². The Morgan fingerprint density at radius 2 is 2.33 bits per heavy atom. The molecule has 18 heavy (non-hydrogen) atoms. The van der Waals surface area contributed by atoms with Crippen molar-refractivity contribution in [2.45, 2.75) is 25.4 Å². The minimum Gasteiger partial charge on any atom is -0.492 e. The normalized spacial score (nSPS) is 23.0. The average molecular weight is 271 g/mol. The van der Waals surface area contributed by atoms with Crippen molar-refractivity contribution >= 4 is 17.6 Å². The van der Waals surface area contributed by atoms with Gasteiger partial charge in [0.05, 0.1) is 6.04 Å². The number of aryl methyl sites for hydroxylation is 1. The standard InChI is InChI=1S/C12H15ClN2O3/c1-7-4-9(2-3-10(7)13)18-6-8-5-11(12(16)17)15-14-8/h2-4,8,11,14-15H,5-6H2,1H3,(H,16,17). The quantitative estimate of drug-likeness (QED) is 0.770. The molecule has 1 aromatic carbocycles. The predicted molar refractivity (Wildman–Crippen MR) is 67.8 cm³/mol. The molecule has 2 rings (SSSR count). The maximum Gasteiger partial charge on any atom is 0.322 e. The number of hydrogen-bond acceptors (Lipinski definition) is 4. The van der Waals surface area contributed by atoms with Gasteiger partial charge in [0.1, 0.15) is 18.4 Å². The number of carboxylic acids is 1. The van der Waals surface area contributed by atoms with Crippen molar-refractivity contribution < 1.29 is 14.6 Å². The molecule has 3 N–H and O–H groups in total. The number of ether oxygens (including phenoxy) is 1. The van der Waals surface area contributed by atoms with E-state index in [4.69, 9.17) is 21.4 Å². The van der Waals surface area contributed by atoms with E-state index >= 15 is 0 Å². The fraction of sp³-hybridized carbons (Fsp3) is 0.417. The number of halogens is 1. The molecule has 1 aliphatic heterocycles. The number of rotatable bonds is 4. The summed E-state index contributed by atoms with van der Waals surface area (Å²) in [7, 11) is 0. The van der Waals surface area contributed by atoms with Crippen LogP contribution < -0.4 is 15.6 Å². The third-order valence-electron chi connectivity index (χ3n) is 2.86. The molecule has 1 aliphatic rings. The van der Waals surface area contributed by atoms with Crippen molar-refractivity contribution in [3.8, 4) is 5.75 Å². The molecular weight excluding hydrogens is 256 g/mol. The van der Waals surface area contributed by atoms with Crippen LogP contribution in [-0.4, -0.2) is 29.8 Å². The van der Waals surface area contributed by atoms with Crippen molar-refractivity contribution in [2.24, 2.45) is 0 Å². The summed E-state index contributed by atoms with van der Waals surface area (Å²) >= 11 is 5.92. The molecule has 0 aliphatic carbocycles. The van der Waals surface area contributed by atoms with E-state index in [1.54, 1.807) is 12.1 Å². The molecule has 0 amide bonds. The lowest BCUT2D eigenvalue weighted by Crippen LogP contribution is -2.38. The largest absolute Gasteiger partial charge is 0.492 e. The van der Waals surface area contributed by atoms with Crippen LogP contribution in [0.5, 0.6) is 5.75 Å². The molecule has 2 atom stereocenters. The van der Waals surface area contributed by atoms with E-state index < -0.39 is 12.0 Å². The fourth-order valence-corrected chi connectivity index (χ4v) is 1.91. The summed E-state index contributed by atoms with van der Waals surface area (Å²) in [4.78, 5) is 10.7. The van der Waals surface area contributed by atoms with Gasteiger partial charge in [-0.25, -0.2) is 5.43 Å². The van der Waals surface area contributed by atoms with Gasteiger partial charge in [-0.3, -0.25) is 10.2 Å². The molecule has 1 aromatic rings. The second-order valence-corrected chi connectivity index (χ2v) is 4.74. The van der Waals surface area contributed by atoms with Crippen LogP contribution in [0, 0.1) is 6.92 Å². The zero-order valence-electron chi connectivity index (χ0n) is 9.94. The lowest BCUT2D eigenvalue weighted by molar-refractivity contribution is -0.139. The van der Waals surface area contributed by atoms with E-state index in [1.807, 2.05) is 13.0 Å². The summed E-state index contributed by atoms with van der Waals surface area (Å²) in [5.74, 6) is -0.121. The number of carboxylic acid groups (broad SMARTS) is 1. The average Bonchev–Trinajstić information content (AvgIpc) is 2.79. The highest BCUT2D eigenvalue weighted by molar-refractivity contribution is 6.31. The number of carbonyl (C=O) groups is 1. The first kappa shape index (κ1) is 13.1. The predicted octanol–water partition coefficient (Wildman–Crippen LogP) is 1.35. The Labute approximate surface area is 110 Å². The molecule has 1 fully saturated rings. The summed E-state index contributed by atoms with van der Waals surface area (Å²) in [5, 5.41) is 9.53. The van der Waals surface area contributed by atoms with Gasteiger partial charge in [0.25, 0.3) is 0 Å². The van der Waals surface area contributed by atoms with Gasteiger partial charge >= 0.3 is 5.97 Å². The van der Waals surface area contributed by atoms with Crippen LogP contribution in [-0.2, 0) is 4.79 Å². The van der Waals surface area contributed by atoms with Gasteiger partial charge in [-0.1, -0.05) is 11.6 Å². The zero-order valence-corrected chi connectivity index (χ0v) is 10.7.